The number of rotatable bonds is 5. The Hall–Kier alpha value is -0.900. The summed E-state index contributed by atoms with van der Waals surface area (Å²) in [5, 5.41) is 0. The zero-order valence-electron chi connectivity index (χ0n) is 11.4. The second kappa shape index (κ2) is 6.32. The van der Waals surface area contributed by atoms with Gasteiger partial charge in [-0.15, -0.1) is 0 Å². The van der Waals surface area contributed by atoms with Crippen LogP contribution in [0.5, 0.6) is 0 Å². The fraction of sp³-hybridized carbons (Fsp3) is 0.600. The summed E-state index contributed by atoms with van der Waals surface area (Å²) in [5.41, 5.74) is 0.918. The van der Waals surface area contributed by atoms with E-state index in [2.05, 4.69) is 29.2 Å². The van der Waals surface area contributed by atoms with Crippen LogP contribution < -0.4 is 0 Å². The Labute approximate surface area is 110 Å². The Morgan fingerprint density at radius 1 is 1.22 bits per heavy atom. The number of ether oxygens (including phenoxy) is 2. The van der Waals surface area contributed by atoms with Crippen LogP contribution in [0.4, 0.5) is 0 Å². The fourth-order valence-electron chi connectivity index (χ4n) is 2.75. The van der Waals surface area contributed by atoms with Crippen molar-refractivity contribution in [3.05, 3.63) is 35.9 Å². The molecule has 100 valence electrons. The number of nitrogens with zero attached hydrogens (tertiary/aromatic N) is 1. The summed E-state index contributed by atoms with van der Waals surface area (Å²) in [6.07, 6.45) is 3.44. The highest BCUT2D eigenvalue weighted by atomic mass is 16.5. The standard InChI is InChI=1S/C15H23NO2/c1-3-18-13-16-12-8-7-11-15(16,17-2)14-9-5-4-6-10-14/h4-6,9-10H,3,7-8,11-13H2,1-2H3. The van der Waals surface area contributed by atoms with Crippen LogP contribution in [-0.2, 0) is 15.2 Å². The van der Waals surface area contributed by atoms with Gasteiger partial charge in [-0.2, -0.15) is 0 Å². The number of likely N-dealkylation sites (tertiary alicyclic amines) is 1. The zero-order valence-corrected chi connectivity index (χ0v) is 11.4. The molecule has 18 heavy (non-hydrogen) atoms. The van der Waals surface area contributed by atoms with Crippen LogP contribution in [0, 0.1) is 0 Å². The lowest BCUT2D eigenvalue weighted by Gasteiger charge is -2.46. The summed E-state index contributed by atoms with van der Waals surface area (Å²) in [5.74, 6) is 0. The molecule has 1 fully saturated rings. The molecule has 0 aliphatic carbocycles. The molecule has 3 heteroatoms. The van der Waals surface area contributed by atoms with Crippen LogP contribution in [0.15, 0.2) is 30.3 Å². The normalized spacial score (nSPS) is 25.2. The molecule has 1 aliphatic rings. The summed E-state index contributed by atoms with van der Waals surface area (Å²) in [6, 6.07) is 10.5. The summed E-state index contributed by atoms with van der Waals surface area (Å²) >= 11 is 0. The Morgan fingerprint density at radius 3 is 2.67 bits per heavy atom. The zero-order chi connectivity index (χ0) is 12.8. The molecule has 1 atom stereocenters. The van der Waals surface area contributed by atoms with Crippen LogP contribution in [0.1, 0.15) is 31.7 Å². The molecule has 0 spiro atoms. The first kappa shape index (κ1) is 13.5. The van der Waals surface area contributed by atoms with Gasteiger partial charge >= 0.3 is 0 Å². The molecule has 2 rings (SSSR count). The molecule has 0 aromatic heterocycles. The molecule has 1 aliphatic heterocycles. The SMILES string of the molecule is CCOCN1CCCCC1(OC)c1ccccc1. The Balaban J connectivity index is 2.26. The third kappa shape index (κ3) is 2.58. The molecule has 0 saturated carbocycles. The fourth-order valence-corrected chi connectivity index (χ4v) is 2.75. The van der Waals surface area contributed by atoms with Gasteiger partial charge in [0.05, 0.1) is 0 Å². The lowest BCUT2D eigenvalue weighted by molar-refractivity contribution is -0.196. The lowest BCUT2D eigenvalue weighted by Crippen LogP contribution is -2.51. The molecule has 3 nitrogen and oxygen atoms in total. The van der Waals surface area contributed by atoms with Gasteiger partial charge in [-0.05, 0) is 31.7 Å². The monoisotopic (exact) mass is 249 g/mol. The highest BCUT2D eigenvalue weighted by Crippen LogP contribution is 2.38. The minimum atomic E-state index is -0.311. The molecule has 1 unspecified atom stereocenters. The molecule has 1 saturated heterocycles. The molecular formula is C15H23NO2. The van der Waals surface area contributed by atoms with Crippen molar-refractivity contribution in [1.29, 1.82) is 0 Å². The Morgan fingerprint density at radius 2 is 2.00 bits per heavy atom. The highest BCUT2D eigenvalue weighted by molar-refractivity contribution is 5.22. The first-order chi connectivity index (χ1) is 8.83. The third-order valence-corrected chi connectivity index (χ3v) is 3.72. The lowest BCUT2D eigenvalue weighted by atomic mass is 9.91. The topological polar surface area (TPSA) is 21.7 Å². The molecular weight excluding hydrogens is 226 g/mol. The van der Waals surface area contributed by atoms with Crippen molar-refractivity contribution < 1.29 is 9.47 Å². The van der Waals surface area contributed by atoms with Crippen molar-refractivity contribution in [2.75, 3.05) is 27.0 Å². The maximum Gasteiger partial charge on any atom is 0.149 e. The summed E-state index contributed by atoms with van der Waals surface area (Å²) < 4.78 is 11.5. The van der Waals surface area contributed by atoms with Crippen molar-refractivity contribution in [3.63, 3.8) is 0 Å². The van der Waals surface area contributed by atoms with Gasteiger partial charge in [0.25, 0.3) is 0 Å². The quantitative estimate of drug-likeness (QED) is 0.801. The van der Waals surface area contributed by atoms with Crippen molar-refractivity contribution >= 4 is 0 Å². The highest BCUT2D eigenvalue weighted by Gasteiger charge is 2.40. The van der Waals surface area contributed by atoms with Crippen LogP contribution in [0.3, 0.4) is 0 Å². The van der Waals surface area contributed by atoms with Gasteiger partial charge in [-0.1, -0.05) is 30.3 Å². The van der Waals surface area contributed by atoms with Gasteiger partial charge in [0, 0.05) is 20.3 Å². The van der Waals surface area contributed by atoms with Crippen molar-refractivity contribution in [2.45, 2.75) is 31.9 Å². The largest absolute Gasteiger partial charge is 0.366 e. The van der Waals surface area contributed by atoms with Crippen LogP contribution in [-0.4, -0.2) is 31.9 Å². The maximum atomic E-state index is 5.92. The number of hydrogen-bond acceptors (Lipinski definition) is 3. The van der Waals surface area contributed by atoms with E-state index in [-0.39, 0.29) is 5.72 Å². The van der Waals surface area contributed by atoms with Gasteiger partial charge in [-0.25, -0.2) is 4.90 Å². The van der Waals surface area contributed by atoms with E-state index >= 15 is 0 Å². The Bertz CT molecular complexity index is 355. The van der Waals surface area contributed by atoms with Crippen molar-refractivity contribution in [1.82, 2.24) is 4.90 Å². The smallest absolute Gasteiger partial charge is 0.149 e. The van der Waals surface area contributed by atoms with Gasteiger partial charge in [0.15, 0.2) is 0 Å². The average Bonchev–Trinajstić information content (AvgIpc) is 2.46. The maximum absolute atomic E-state index is 5.92. The van der Waals surface area contributed by atoms with E-state index in [1.807, 2.05) is 13.0 Å². The Kier molecular flexibility index (Phi) is 4.75. The minimum Gasteiger partial charge on any atom is -0.366 e. The van der Waals surface area contributed by atoms with Crippen LogP contribution in [0.25, 0.3) is 0 Å². The van der Waals surface area contributed by atoms with Crippen LogP contribution in [0.2, 0.25) is 0 Å². The molecule has 0 N–H and O–H groups in total. The molecule has 0 radical (unpaired) electrons. The predicted octanol–water partition coefficient (Wildman–Crippen LogP) is 2.97. The molecule has 0 bridgehead atoms. The average molecular weight is 249 g/mol. The van der Waals surface area contributed by atoms with Gasteiger partial charge in [0.2, 0.25) is 0 Å². The predicted molar refractivity (Wildman–Crippen MR) is 72.2 cm³/mol. The van der Waals surface area contributed by atoms with Crippen LogP contribution >= 0.6 is 0 Å². The van der Waals surface area contributed by atoms with Crippen molar-refractivity contribution in [2.24, 2.45) is 0 Å². The number of methoxy groups -OCH3 is 1. The van der Waals surface area contributed by atoms with E-state index in [1.54, 1.807) is 7.11 Å². The first-order valence-corrected chi connectivity index (χ1v) is 6.77. The molecule has 1 aromatic rings. The number of piperidine rings is 1. The van der Waals surface area contributed by atoms with Gasteiger partial charge < -0.3 is 9.47 Å². The number of hydrogen-bond donors (Lipinski definition) is 0. The second-order valence-corrected chi connectivity index (χ2v) is 4.70. The molecule has 0 amide bonds. The second-order valence-electron chi connectivity index (χ2n) is 4.70. The van der Waals surface area contributed by atoms with E-state index in [0.717, 1.165) is 19.6 Å². The first-order valence-electron chi connectivity index (χ1n) is 6.77. The van der Waals surface area contributed by atoms with Gasteiger partial charge in [0.1, 0.15) is 12.5 Å². The minimum absolute atomic E-state index is 0.311. The van der Waals surface area contributed by atoms with Gasteiger partial charge in [-0.3, -0.25) is 0 Å². The molecule has 1 heterocycles. The summed E-state index contributed by atoms with van der Waals surface area (Å²) in [6.45, 7) is 4.44. The van der Waals surface area contributed by atoms with E-state index < -0.39 is 0 Å². The van der Waals surface area contributed by atoms with E-state index in [4.69, 9.17) is 9.47 Å². The van der Waals surface area contributed by atoms with E-state index in [1.165, 1.54) is 18.4 Å². The molecule has 1 aromatic carbocycles. The number of benzene rings is 1. The summed E-state index contributed by atoms with van der Waals surface area (Å²) in [7, 11) is 1.80. The third-order valence-electron chi connectivity index (χ3n) is 3.72. The van der Waals surface area contributed by atoms with Crippen molar-refractivity contribution in [3.8, 4) is 0 Å². The van der Waals surface area contributed by atoms with E-state index in [9.17, 15) is 0 Å². The van der Waals surface area contributed by atoms with E-state index in [0.29, 0.717) is 6.73 Å². The summed E-state index contributed by atoms with van der Waals surface area (Å²) in [4.78, 5) is 2.31.